The molecule has 0 bridgehead atoms. The van der Waals surface area contributed by atoms with Crippen molar-refractivity contribution in [3.63, 3.8) is 0 Å². The minimum Gasteiger partial charge on any atom is -0.384 e. The van der Waals surface area contributed by atoms with Gasteiger partial charge in [-0.25, -0.2) is 4.98 Å². The number of nitrogens with one attached hydrogen (secondary N) is 1. The number of hydrogen-bond acceptors (Lipinski definition) is 3. The zero-order chi connectivity index (χ0) is 13.4. The van der Waals surface area contributed by atoms with E-state index in [4.69, 9.17) is 22.7 Å². The average molecular weight is 279 g/mol. The highest BCUT2D eigenvalue weighted by Gasteiger charge is 2.37. The molecule has 1 saturated carbocycles. The molecule has 1 aliphatic heterocycles. The van der Waals surface area contributed by atoms with E-state index in [1.54, 1.807) is 12.3 Å². The van der Waals surface area contributed by atoms with E-state index in [1.807, 2.05) is 0 Å². The fourth-order valence-corrected chi connectivity index (χ4v) is 3.83. The van der Waals surface area contributed by atoms with Crippen LogP contribution in [-0.4, -0.2) is 23.4 Å². The summed E-state index contributed by atoms with van der Waals surface area (Å²) in [6.45, 7) is 1.02. The molecule has 3 N–H and O–H groups in total. The lowest BCUT2D eigenvalue weighted by molar-refractivity contribution is 0.341. The Morgan fingerprint density at radius 1 is 1.37 bits per heavy atom. The Bertz CT molecular complexity index is 502. The summed E-state index contributed by atoms with van der Waals surface area (Å²) in [6.07, 6.45) is 8.13. The largest absolute Gasteiger partial charge is 0.384 e. The molecule has 2 unspecified atom stereocenters. The maximum absolute atomic E-state index is 7.57. The van der Waals surface area contributed by atoms with Gasteiger partial charge in [0.2, 0.25) is 0 Å². The molecule has 3 rings (SSSR count). The SMILES string of the molecule is N=C(N)c1ccnc(N2CCC3CCCCC32)c1Cl. The lowest BCUT2D eigenvalue weighted by atomic mass is 9.85. The lowest BCUT2D eigenvalue weighted by Gasteiger charge is -2.33. The van der Waals surface area contributed by atoms with Crippen LogP contribution in [0.4, 0.5) is 5.82 Å². The third kappa shape index (κ3) is 2.18. The van der Waals surface area contributed by atoms with Crippen molar-refractivity contribution in [2.24, 2.45) is 11.7 Å². The summed E-state index contributed by atoms with van der Waals surface area (Å²) in [7, 11) is 0. The van der Waals surface area contributed by atoms with Gasteiger partial charge < -0.3 is 10.6 Å². The van der Waals surface area contributed by atoms with Crippen molar-refractivity contribution in [3.8, 4) is 0 Å². The topological polar surface area (TPSA) is 66.0 Å². The molecule has 102 valence electrons. The van der Waals surface area contributed by atoms with E-state index in [9.17, 15) is 0 Å². The highest BCUT2D eigenvalue weighted by molar-refractivity contribution is 6.36. The minimum absolute atomic E-state index is 0.00745. The van der Waals surface area contributed by atoms with Gasteiger partial charge in [-0.3, -0.25) is 5.41 Å². The zero-order valence-corrected chi connectivity index (χ0v) is 11.7. The number of pyridine rings is 1. The summed E-state index contributed by atoms with van der Waals surface area (Å²) in [5, 5.41) is 8.10. The van der Waals surface area contributed by atoms with Gasteiger partial charge in [-0.2, -0.15) is 0 Å². The number of nitrogen functional groups attached to an aromatic ring is 1. The first kappa shape index (κ1) is 12.7. The number of fused-ring (bicyclic) bond motifs is 1. The molecule has 1 aromatic heterocycles. The van der Waals surface area contributed by atoms with Crippen LogP contribution in [0.5, 0.6) is 0 Å². The third-order valence-corrected chi connectivity index (χ3v) is 4.82. The van der Waals surface area contributed by atoms with E-state index < -0.39 is 0 Å². The van der Waals surface area contributed by atoms with Gasteiger partial charge in [0.1, 0.15) is 11.7 Å². The average Bonchev–Trinajstić information content (AvgIpc) is 2.82. The van der Waals surface area contributed by atoms with Crippen LogP contribution < -0.4 is 10.6 Å². The van der Waals surface area contributed by atoms with E-state index in [2.05, 4.69) is 9.88 Å². The Kier molecular flexibility index (Phi) is 3.35. The second kappa shape index (κ2) is 5.00. The number of halogens is 1. The summed E-state index contributed by atoms with van der Waals surface area (Å²) in [6, 6.07) is 2.28. The maximum atomic E-state index is 7.57. The number of nitrogens with two attached hydrogens (primary N) is 1. The van der Waals surface area contributed by atoms with E-state index in [0.29, 0.717) is 16.6 Å². The predicted octanol–water partition coefficient (Wildman–Crippen LogP) is 2.79. The van der Waals surface area contributed by atoms with Crippen LogP contribution in [0.25, 0.3) is 0 Å². The summed E-state index contributed by atoms with van der Waals surface area (Å²) in [5.41, 5.74) is 6.16. The molecule has 4 nitrogen and oxygen atoms in total. The number of amidine groups is 1. The normalized spacial score (nSPS) is 26.3. The van der Waals surface area contributed by atoms with Crippen molar-refractivity contribution in [2.45, 2.75) is 38.1 Å². The molecule has 2 atom stereocenters. The molecule has 0 amide bonds. The fourth-order valence-electron chi connectivity index (χ4n) is 3.51. The monoisotopic (exact) mass is 278 g/mol. The summed E-state index contributed by atoms with van der Waals surface area (Å²) < 4.78 is 0. The first-order valence-corrected chi connectivity index (χ1v) is 7.32. The predicted molar refractivity (Wildman–Crippen MR) is 78.0 cm³/mol. The van der Waals surface area contributed by atoms with Gasteiger partial charge in [0, 0.05) is 24.3 Å². The molecule has 0 aromatic carbocycles. The number of rotatable bonds is 2. The van der Waals surface area contributed by atoms with Gasteiger partial charge in [-0.15, -0.1) is 0 Å². The van der Waals surface area contributed by atoms with Crippen LogP contribution in [0.2, 0.25) is 5.02 Å². The van der Waals surface area contributed by atoms with Crippen LogP contribution in [0.3, 0.4) is 0 Å². The lowest BCUT2D eigenvalue weighted by Crippen LogP contribution is -2.35. The van der Waals surface area contributed by atoms with Crippen LogP contribution in [0.15, 0.2) is 12.3 Å². The summed E-state index contributed by atoms with van der Waals surface area (Å²) in [5.74, 6) is 1.60. The molecule has 5 heteroatoms. The van der Waals surface area contributed by atoms with Crippen LogP contribution >= 0.6 is 11.6 Å². The maximum Gasteiger partial charge on any atom is 0.148 e. The van der Waals surface area contributed by atoms with Gasteiger partial charge in [-0.05, 0) is 31.2 Å². The Balaban J connectivity index is 1.94. The third-order valence-electron chi connectivity index (χ3n) is 4.44. The van der Waals surface area contributed by atoms with E-state index in [1.165, 1.54) is 32.1 Å². The van der Waals surface area contributed by atoms with Gasteiger partial charge in [0.25, 0.3) is 0 Å². The smallest absolute Gasteiger partial charge is 0.148 e. The number of hydrogen-bond donors (Lipinski definition) is 2. The number of nitrogens with zero attached hydrogens (tertiary/aromatic N) is 2. The fraction of sp³-hybridized carbons (Fsp3) is 0.571. The van der Waals surface area contributed by atoms with E-state index in [-0.39, 0.29) is 5.84 Å². The first-order valence-electron chi connectivity index (χ1n) is 6.94. The van der Waals surface area contributed by atoms with Crippen LogP contribution in [0.1, 0.15) is 37.7 Å². The standard InChI is InChI=1S/C14H19ClN4/c15-12-10(13(16)17)5-7-18-14(12)19-8-6-9-3-1-2-4-11(9)19/h5,7,9,11H,1-4,6,8H2,(H3,16,17). The minimum atomic E-state index is 0.00745. The van der Waals surface area contributed by atoms with Gasteiger partial charge in [0.15, 0.2) is 0 Å². The van der Waals surface area contributed by atoms with Gasteiger partial charge >= 0.3 is 0 Å². The van der Waals surface area contributed by atoms with Crippen molar-refractivity contribution in [1.82, 2.24) is 4.98 Å². The molecule has 1 aliphatic carbocycles. The molecule has 1 saturated heterocycles. The first-order chi connectivity index (χ1) is 9.18. The molecular weight excluding hydrogens is 260 g/mol. The Labute approximate surface area is 118 Å². The second-order valence-corrected chi connectivity index (χ2v) is 5.88. The Hall–Kier alpha value is -1.29. The Morgan fingerprint density at radius 2 is 2.16 bits per heavy atom. The molecule has 2 heterocycles. The zero-order valence-electron chi connectivity index (χ0n) is 10.9. The van der Waals surface area contributed by atoms with Crippen molar-refractivity contribution in [3.05, 3.63) is 22.8 Å². The van der Waals surface area contributed by atoms with Gasteiger partial charge in [0.05, 0.1) is 5.02 Å². The van der Waals surface area contributed by atoms with Crippen LogP contribution in [-0.2, 0) is 0 Å². The molecule has 19 heavy (non-hydrogen) atoms. The molecular formula is C14H19ClN4. The molecule has 1 aromatic rings. The molecule has 2 aliphatic rings. The molecule has 0 radical (unpaired) electrons. The number of anilines is 1. The quantitative estimate of drug-likeness (QED) is 0.646. The summed E-state index contributed by atoms with van der Waals surface area (Å²) in [4.78, 5) is 6.77. The van der Waals surface area contributed by atoms with Crippen molar-refractivity contribution in [1.29, 1.82) is 5.41 Å². The molecule has 0 spiro atoms. The van der Waals surface area contributed by atoms with Crippen molar-refractivity contribution >= 4 is 23.3 Å². The van der Waals surface area contributed by atoms with Gasteiger partial charge in [-0.1, -0.05) is 24.4 Å². The number of aromatic nitrogens is 1. The van der Waals surface area contributed by atoms with Crippen molar-refractivity contribution in [2.75, 3.05) is 11.4 Å². The Morgan fingerprint density at radius 3 is 2.95 bits per heavy atom. The highest BCUT2D eigenvalue weighted by Crippen LogP contribution is 2.40. The van der Waals surface area contributed by atoms with Crippen LogP contribution in [0, 0.1) is 11.3 Å². The van der Waals surface area contributed by atoms with E-state index >= 15 is 0 Å². The summed E-state index contributed by atoms with van der Waals surface area (Å²) >= 11 is 6.39. The second-order valence-electron chi connectivity index (χ2n) is 5.50. The highest BCUT2D eigenvalue weighted by atomic mass is 35.5. The van der Waals surface area contributed by atoms with Crippen molar-refractivity contribution < 1.29 is 0 Å². The molecule has 2 fully saturated rings. The van der Waals surface area contributed by atoms with E-state index in [0.717, 1.165) is 18.3 Å².